The number of aromatic nitrogens is 1. The SMILES string of the molecule is CCCn1c(=NC(=O)c2ccc3ccccc3c2)sc2cc(OC)c(OC)cc21. The number of ether oxygens (including phenoxy) is 2. The van der Waals surface area contributed by atoms with Gasteiger partial charge in [0, 0.05) is 24.2 Å². The van der Waals surface area contributed by atoms with Crippen molar-refractivity contribution in [2.24, 2.45) is 4.99 Å². The molecular weight excluding hydrogens is 384 g/mol. The van der Waals surface area contributed by atoms with E-state index in [0.717, 1.165) is 34.0 Å². The van der Waals surface area contributed by atoms with Gasteiger partial charge in [0.05, 0.1) is 24.4 Å². The topological polar surface area (TPSA) is 52.8 Å². The predicted molar refractivity (Wildman–Crippen MR) is 117 cm³/mol. The highest BCUT2D eigenvalue weighted by atomic mass is 32.1. The van der Waals surface area contributed by atoms with Gasteiger partial charge in [0.25, 0.3) is 5.91 Å². The third-order valence-electron chi connectivity index (χ3n) is 4.83. The minimum absolute atomic E-state index is 0.244. The van der Waals surface area contributed by atoms with Crippen LogP contribution in [0.2, 0.25) is 0 Å². The normalized spacial score (nSPS) is 11.9. The minimum atomic E-state index is -0.244. The summed E-state index contributed by atoms with van der Waals surface area (Å²) in [5.74, 6) is 1.08. The van der Waals surface area contributed by atoms with Gasteiger partial charge in [-0.3, -0.25) is 4.79 Å². The molecule has 5 nitrogen and oxygen atoms in total. The van der Waals surface area contributed by atoms with E-state index in [9.17, 15) is 4.79 Å². The zero-order valence-electron chi connectivity index (χ0n) is 16.6. The van der Waals surface area contributed by atoms with E-state index in [0.29, 0.717) is 21.9 Å². The van der Waals surface area contributed by atoms with Crippen molar-refractivity contribution >= 4 is 38.2 Å². The van der Waals surface area contributed by atoms with Crippen molar-refractivity contribution in [2.75, 3.05) is 14.2 Å². The number of fused-ring (bicyclic) bond motifs is 2. The number of thiazole rings is 1. The molecule has 148 valence electrons. The number of amides is 1. The Kier molecular flexibility index (Phi) is 5.36. The van der Waals surface area contributed by atoms with Crippen molar-refractivity contribution < 1.29 is 14.3 Å². The van der Waals surface area contributed by atoms with Gasteiger partial charge in [-0.2, -0.15) is 4.99 Å². The van der Waals surface area contributed by atoms with Gasteiger partial charge in [-0.25, -0.2) is 0 Å². The maximum absolute atomic E-state index is 12.9. The van der Waals surface area contributed by atoms with E-state index in [1.165, 1.54) is 11.3 Å². The maximum Gasteiger partial charge on any atom is 0.279 e. The van der Waals surface area contributed by atoms with Crippen molar-refractivity contribution in [3.05, 3.63) is 65.0 Å². The van der Waals surface area contributed by atoms with Gasteiger partial charge in [-0.15, -0.1) is 0 Å². The summed E-state index contributed by atoms with van der Waals surface area (Å²) < 4.78 is 13.9. The van der Waals surface area contributed by atoms with Gasteiger partial charge < -0.3 is 14.0 Å². The summed E-state index contributed by atoms with van der Waals surface area (Å²) in [5, 5.41) is 2.13. The van der Waals surface area contributed by atoms with Crippen LogP contribution in [0, 0.1) is 0 Å². The molecule has 0 bridgehead atoms. The molecule has 0 radical (unpaired) electrons. The standard InChI is InChI=1S/C23H22N2O3S/c1-4-11-25-18-13-19(27-2)20(28-3)14-21(18)29-23(25)24-22(26)17-10-9-15-7-5-6-8-16(15)12-17/h5-10,12-14H,4,11H2,1-3H3. The summed E-state index contributed by atoms with van der Waals surface area (Å²) in [7, 11) is 3.24. The van der Waals surface area contributed by atoms with Crippen molar-refractivity contribution in [3.63, 3.8) is 0 Å². The molecule has 0 saturated heterocycles. The van der Waals surface area contributed by atoms with Gasteiger partial charge >= 0.3 is 0 Å². The van der Waals surface area contributed by atoms with Crippen molar-refractivity contribution in [2.45, 2.75) is 19.9 Å². The first-order valence-electron chi connectivity index (χ1n) is 9.47. The molecule has 0 saturated carbocycles. The highest BCUT2D eigenvalue weighted by Crippen LogP contribution is 2.33. The van der Waals surface area contributed by atoms with Crippen LogP contribution in [0.4, 0.5) is 0 Å². The molecule has 3 aromatic carbocycles. The molecule has 6 heteroatoms. The van der Waals surface area contributed by atoms with Crippen LogP contribution in [0.5, 0.6) is 11.5 Å². The molecule has 0 unspecified atom stereocenters. The van der Waals surface area contributed by atoms with Crippen LogP contribution in [-0.2, 0) is 6.54 Å². The Bertz CT molecular complexity index is 1270. The summed E-state index contributed by atoms with van der Waals surface area (Å²) in [6.45, 7) is 2.87. The van der Waals surface area contributed by atoms with Crippen LogP contribution in [0.1, 0.15) is 23.7 Å². The largest absolute Gasteiger partial charge is 0.493 e. The van der Waals surface area contributed by atoms with Gasteiger partial charge in [-0.05, 0) is 29.3 Å². The van der Waals surface area contributed by atoms with Crippen LogP contribution < -0.4 is 14.3 Å². The molecule has 1 amide bonds. The van der Waals surface area contributed by atoms with Gasteiger partial charge in [-0.1, -0.05) is 48.6 Å². The van der Waals surface area contributed by atoms with Crippen molar-refractivity contribution in [1.29, 1.82) is 0 Å². The number of methoxy groups -OCH3 is 2. The monoisotopic (exact) mass is 406 g/mol. The number of benzene rings is 3. The lowest BCUT2D eigenvalue weighted by atomic mass is 10.1. The Hall–Kier alpha value is -3.12. The highest BCUT2D eigenvalue weighted by Gasteiger charge is 2.13. The van der Waals surface area contributed by atoms with Crippen LogP contribution >= 0.6 is 11.3 Å². The van der Waals surface area contributed by atoms with E-state index in [1.54, 1.807) is 14.2 Å². The van der Waals surface area contributed by atoms with Crippen molar-refractivity contribution in [1.82, 2.24) is 4.57 Å². The number of carbonyl (C=O) groups excluding carboxylic acids is 1. The summed E-state index contributed by atoms with van der Waals surface area (Å²) in [6.07, 6.45) is 0.928. The quantitative estimate of drug-likeness (QED) is 0.467. The number of hydrogen-bond donors (Lipinski definition) is 0. The number of nitrogens with zero attached hydrogens (tertiary/aromatic N) is 2. The first-order valence-corrected chi connectivity index (χ1v) is 10.3. The summed E-state index contributed by atoms with van der Waals surface area (Å²) in [6, 6.07) is 17.5. The Morgan fingerprint density at radius 3 is 2.45 bits per heavy atom. The average molecular weight is 407 g/mol. The summed E-state index contributed by atoms with van der Waals surface area (Å²) >= 11 is 1.48. The first-order chi connectivity index (χ1) is 14.1. The zero-order valence-corrected chi connectivity index (χ0v) is 17.5. The molecule has 0 aliphatic carbocycles. The lowest BCUT2D eigenvalue weighted by Crippen LogP contribution is -2.16. The van der Waals surface area contributed by atoms with E-state index >= 15 is 0 Å². The van der Waals surface area contributed by atoms with Crippen LogP contribution in [-0.4, -0.2) is 24.7 Å². The van der Waals surface area contributed by atoms with E-state index in [4.69, 9.17) is 9.47 Å². The number of aryl methyl sites for hydroxylation is 1. The molecule has 0 aliphatic rings. The minimum Gasteiger partial charge on any atom is -0.493 e. The smallest absolute Gasteiger partial charge is 0.279 e. The second kappa shape index (κ2) is 8.09. The Morgan fingerprint density at radius 1 is 1.00 bits per heavy atom. The van der Waals surface area contributed by atoms with Crippen LogP contribution in [0.15, 0.2) is 59.6 Å². The van der Waals surface area contributed by atoms with E-state index in [2.05, 4.69) is 16.5 Å². The van der Waals surface area contributed by atoms with E-state index < -0.39 is 0 Å². The fourth-order valence-corrected chi connectivity index (χ4v) is 4.46. The van der Waals surface area contributed by atoms with E-state index in [-0.39, 0.29) is 5.91 Å². The first kappa shape index (κ1) is 19.2. The molecule has 4 rings (SSSR count). The third kappa shape index (κ3) is 3.63. The van der Waals surface area contributed by atoms with Crippen molar-refractivity contribution in [3.8, 4) is 11.5 Å². The molecule has 29 heavy (non-hydrogen) atoms. The fraction of sp³-hybridized carbons (Fsp3) is 0.217. The summed E-state index contributed by atoms with van der Waals surface area (Å²) in [5.41, 5.74) is 1.57. The Labute approximate surface area is 172 Å². The molecule has 1 heterocycles. The van der Waals surface area contributed by atoms with Gasteiger partial charge in [0.15, 0.2) is 16.3 Å². The molecule has 0 N–H and O–H groups in total. The molecule has 1 aromatic heterocycles. The molecule has 0 atom stereocenters. The lowest BCUT2D eigenvalue weighted by molar-refractivity contribution is 0.0998. The van der Waals surface area contributed by atoms with Gasteiger partial charge in [0.2, 0.25) is 0 Å². The predicted octanol–water partition coefficient (Wildman–Crippen LogP) is 5.02. The Morgan fingerprint density at radius 2 is 1.72 bits per heavy atom. The Balaban J connectivity index is 1.85. The number of carbonyl (C=O) groups is 1. The van der Waals surface area contributed by atoms with Crippen LogP contribution in [0.3, 0.4) is 0 Å². The van der Waals surface area contributed by atoms with Crippen LogP contribution in [0.25, 0.3) is 21.0 Å². The highest BCUT2D eigenvalue weighted by molar-refractivity contribution is 7.16. The second-order valence-corrected chi connectivity index (χ2v) is 7.70. The average Bonchev–Trinajstić information content (AvgIpc) is 3.08. The molecule has 0 fully saturated rings. The lowest BCUT2D eigenvalue weighted by Gasteiger charge is -2.08. The summed E-state index contributed by atoms with van der Waals surface area (Å²) in [4.78, 5) is 18.1. The molecular formula is C23H22N2O3S. The fourth-order valence-electron chi connectivity index (χ4n) is 3.40. The number of rotatable bonds is 5. The molecule has 0 aliphatic heterocycles. The van der Waals surface area contributed by atoms with Gasteiger partial charge in [0.1, 0.15) is 0 Å². The molecule has 4 aromatic rings. The zero-order chi connectivity index (χ0) is 20.4. The van der Waals surface area contributed by atoms with E-state index in [1.807, 2.05) is 54.6 Å². The number of hydrogen-bond acceptors (Lipinski definition) is 4. The maximum atomic E-state index is 12.9. The third-order valence-corrected chi connectivity index (χ3v) is 5.87. The second-order valence-electron chi connectivity index (χ2n) is 6.69. The molecule has 0 spiro atoms.